The lowest BCUT2D eigenvalue weighted by Crippen LogP contribution is -2.06. The molecular weight excluding hydrogens is 446 g/mol. The monoisotopic (exact) mass is 468 g/mol. The quantitative estimate of drug-likeness (QED) is 0.323. The molecule has 2 heterocycles. The van der Waals surface area contributed by atoms with Crippen molar-refractivity contribution in [3.05, 3.63) is 60.9 Å². The molecule has 2 aromatic heterocycles. The number of hydrogen-bond acceptors (Lipinski definition) is 8. The summed E-state index contributed by atoms with van der Waals surface area (Å²) in [6.07, 6.45) is 3.31. The molecule has 0 aliphatic rings. The highest BCUT2D eigenvalue weighted by Gasteiger charge is 2.16. The van der Waals surface area contributed by atoms with Crippen LogP contribution in [-0.2, 0) is 4.74 Å². The third-order valence-electron chi connectivity index (χ3n) is 4.77. The number of ether oxygens (including phenoxy) is 4. The van der Waals surface area contributed by atoms with Crippen LogP contribution < -0.4 is 19.5 Å². The number of rotatable bonds is 10. The summed E-state index contributed by atoms with van der Waals surface area (Å²) in [5.74, 6) is 1.88. The highest BCUT2D eigenvalue weighted by atomic mass is 19.3. The molecule has 0 bridgehead atoms. The minimum atomic E-state index is -2.92. The van der Waals surface area contributed by atoms with Crippen molar-refractivity contribution in [1.29, 1.82) is 0 Å². The van der Waals surface area contributed by atoms with Gasteiger partial charge >= 0.3 is 6.61 Å². The lowest BCUT2D eigenvalue weighted by Gasteiger charge is -2.15. The molecule has 0 saturated heterocycles. The summed E-state index contributed by atoms with van der Waals surface area (Å²) in [5.41, 5.74) is 1.81. The lowest BCUT2D eigenvalue weighted by atomic mass is 10.1. The Hall–Kier alpha value is -4.05. The Balaban J connectivity index is 1.82. The normalized spacial score (nSPS) is 11.0. The van der Waals surface area contributed by atoms with Crippen molar-refractivity contribution in [2.75, 3.05) is 32.8 Å². The Morgan fingerprint density at radius 3 is 2.59 bits per heavy atom. The molecule has 0 atom stereocenters. The van der Waals surface area contributed by atoms with Gasteiger partial charge in [-0.15, -0.1) is 0 Å². The van der Waals surface area contributed by atoms with Gasteiger partial charge in [0.05, 0.1) is 19.2 Å². The van der Waals surface area contributed by atoms with E-state index >= 15 is 0 Å². The maximum absolute atomic E-state index is 12.7. The SMILES string of the molecule is COCCOc1cc2c(Nc3cccc(OC(F)F)c3)nc(-c3cccnc3)nc2cc1OC. The second-order valence-electron chi connectivity index (χ2n) is 7.03. The summed E-state index contributed by atoms with van der Waals surface area (Å²) < 4.78 is 46.2. The first-order valence-electron chi connectivity index (χ1n) is 10.3. The van der Waals surface area contributed by atoms with Crippen molar-refractivity contribution >= 4 is 22.4 Å². The van der Waals surface area contributed by atoms with Gasteiger partial charge in [-0.25, -0.2) is 9.97 Å². The minimum absolute atomic E-state index is 0.0242. The first-order chi connectivity index (χ1) is 16.6. The standard InChI is InChI=1S/C24H22F2N4O4/c1-31-9-10-33-21-12-18-19(13-20(21)32-2)29-22(15-5-4-8-27-14-15)30-23(18)28-16-6-3-7-17(11-16)34-24(25)26/h3-8,11-14,24H,9-10H2,1-2H3,(H,28,29,30). The molecule has 0 fully saturated rings. The third-order valence-corrected chi connectivity index (χ3v) is 4.77. The molecule has 176 valence electrons. The number of benzene rings is 2. The van der Waals surface area contributed by atoms with Crippen LogP contribution in [0.25, 0.3) is 22.3 Å². The summed E-state index contributed by atoms with van der Waals surface area (Å²) in [6.45, 7) is -2.20. The van der Waals surface area contributed by atoms with Gasteiger partial charge in [0.2, 0.25) is 0 Å². The van der Waals surface area contributed by atoms with Crippen LogP contribution in [-0.4, -0.2) is 49.0 Å². The molecule has 1 N–H and O–H groups in total. The number of aromatic nitrogens is 3. The molecule has 34 heavy (non-hydrogen) atoms. The van der Waals surface area contributed by atoms with E-state index in [-0.39, 0.29) is 5.75 Å². The third kappa shape index (κ3) is 5.46. The second-order valence-corrected chi connectivity index (χ2v) is 7.03. The lowest BCUT2D eigenvalue weighted by molar-refractivity contribution is -0.0498. The van der Waals surface area contributed by atoms with E-state index in [1.54, 1.807) is 56.9 Å². The number of alkyl halides is 2. The van der Waals surface area contributed by atoms with Crippen LogP contribution in [0.3, 0.4) is 0 Å². The van der Waals surface area contributed by atoms with Crippen LogP contribution >= 0.6 is 0 Å². The van der Waals surface area contributed by atoms with Crippen LogP contribution in [0.15, 0.2) is 60.9 Å². The predicted molar refractivity (Wildman–Crippen MR) is 123 cm³/mol. The number of halogens is 2. The topological polar surface area (TPSA) is 87.6 Å². The number of nitrogens with one attached hydrogen (secondary N) is 1. The van der Waals surface area contributed by atoms with Crippen molar-refractivity contribution in [1.82, 2.24) is 15.0 Å². The van der Waals surface area contributed by atoms with Crippen LogP contribution in [0.5, 0.6) is 17.2 Å². The largest absolute Gasteiger partial charge is 0.493 e. The molecular formula is C24H22F2N4O4. The van der Waals surface area contributed by atoms with Crippen molar-refractivity contribution in [2.24, 2.45) is 0 Å². The molecule has 4 rings (SSSR count). The van der Waals surface area contributed by atoms with Crippen LogP contribution in [0.1, 0.15) is 0 Å². The van der Waals surface area contributed by atoms with E-state index in [1.807, 2.05) is 6.07 Å². The van der Waals surface area contributed by atoms with Gasteiger partial charge in [0.25, 0.3) is 0 Å². The van der Waals surface area contributed by atoms with Gasteiger partial charge in [-0.3, -0.25) is 4.98 Å². The zero-order valence-electron chi connectivity index (χ0n) is 18.5. The molecule has 0 spiro atoms. The molecule has 0 radical (unpaired) electrons. The van der Waals surface area contributed by atoms with Crippen molar-refractivity contribution in [2.45, 2.75) is 6.61 Å². The van der Waals surface area contributed by atoms with Crippen LogP contribution in [0.4, 0.5) is 20.3 Å². The predicted octanol–water partition coefficient (Wildman–Crippen LogP) is 5.07. The minimum Gasteiger partial charge on any atom is -0.493 e. The fourth-order valence-corrected chi connectivity index (χ4v) is 3.25. The number of hydrogen-bond donors (Lipinski definition) is 1. The zero-order valence-corrected chi connectivity index (χ0v) is 18.5. The first kappa shape index (κ1) is 23.1. The molecule has 0 amide bonds. The van der Waals surface area contributed by atoms with E-state index in [0.717, 1.165) is 0 Å². The number of fused-ring (bicyclic) bond motifs is 1. The maximum atomic E-state index is 12.7. The number of pyridine rings is 1. The molecule has 0 saturated carbocycles. The van der Waals surface area contributed by atoms with Gasteiger partial charge in [-0.05, 0) is 30.3 Å². The molecule has 2 aromatic carbocycles. The van der Waals surface area contributed by atoms with E-state index < -0.39 is 6.61 Å². The summed E-state index contributed by atoms with van der Waals surface area (Å²) >= 11 is 0. The maximum Gasteiger partial charge on any atom is 0.387 e. The molecule has 0 aliphatic carbocycles. The Bertz CT molecular complexity index is 1260. The summed E-state index contributed by atoms with van der Waals surface area (Å²) in [6, 6.07) is 13.4. The van der Waals surface area contributed by atoms with Gasteiger partial charge in [0, 0.05) is 48.3 Å². The van der Waals surface area contributed by atoms with Crippen molar-refractivity contribution in [3.63, 3.8) is 0 Å². The van der Waals surface area contributed by atoms with E-state index in [4.69, 9.17) is 14.2 Å². The molecule has 0 aliphatic heterocycles. The Kier molecular flexibility index (Phi) is 7.28. The molecule has 4 aromatic rings. The number of nitrogens with zero attached hydrogens (tertiary/aromatic N) is 3. The van der Waals surface area contributed by atoms with Crippen LogP contribution in [0.2, 0.25) is 0 Å². The average Bonchev–Trinajstić information content (AvgIpc) is 2.84. The Morgan fingerprint density at radius 1 is 0.971 bits per heavy atom. The summed E-state index contributed by atoms with van der Waals surface area (Å²) in [7, 11) is 3.13. The van der Waals surface area contributed by atoms with Gasteiger partial charge in [-0.1, -0.05) is 6.07 Å². The fraction of sp³-hybridized carbons (Fsp3) is 0.208. The number of anilines is 2. The van der Waals surface area contributed by atoms with E-state index in [1.165, 1.54) is 12.1 Å². The van der Waals surface area contributed by atoms with Crippen LogP contribution in [0, 0.1) is 0 Å². The Morgan fingerprint density at radius 2 is 1.85 bits per heavy atom. The molecule has 8 nitrogen and oxygen atoms in total. The zero-order chi connectivity index (χ0) is 23.9. The highest BCUT2D eigenvalue weighted by molar-refractivity contribution is 5.94. The van der Waals surface area contributed by atoms with Gasteiger partial charge in [0.1, 0.15) is 18.2 Å². The van der Waals surface area contributed by atoms with Gasteiger partial charge in [-0.2, -0.15) is 8.78 Å². The number of methoxy groups -OCH3 is 2. The highest BCUT2D eigenvalue weighted by Crippen LogP contribution is 2.36. The Labute approximate surface area is 194 Å². The average molecular weight is 468 g/mol. The molecule has 0 unspecified atom stereocenters. The van der Waals surface area contributed by atoms with E-state index in [2.05, 4.69) is 25.0 Å². The smallest absolute Gasteiger partial charge is 0.387 e. The van der Waals surface area contributed by atoms with E-state index in [0.29, 0.717) is 58.5 Å². The summed E-state index contributed by atoms with van der Waals surface area (Å²) in [5, 5.41) is 3.83. The fourth-order valence-electron chi connectivity index (χ4n) is 3.25. The van der Waals surface area contributed by atoms with Crippen molar-refractivity contribution < 1.29 is 27.7 Å². The van der Waals surface area contributed by atoms with E-state index in [9.17, 15) is 8.78 Å². The second kappa shape index (κ2) is 10.7. The van der Waals surface area contributed by atoms with Gasteiger partial charge in [0.15, 0.2) is 17.3 Å². The van der Waals surface area contributed by atoms with Gasteiger partial charge < -0.3 is 24.3 Å². The summed E-state index contributed by atoms with van der Waals surface area (Å²) in [4.78, 5) is 13.5. The molecule has 10 heteroatoms. The van der Waals surface area contributed by atoms with Crippen molar-refractivity contribution in [3.8, 4) is 28.6 Å². The first-order valence-corrected chi connectivity index (χ1v) is 10.3.